The summed E-state index contributed by atoms with van der Waals surface area (Å²) in [4.78, 5) is 15.6. The van der Waals surface area contributed by atoms with Crippen molar-refractivity contribution in [2.75, 3.05) is 6.61 Å². The summed E-state index contributed by atoms with van der Waals surface area (Å²) < 4.78 is 5.13. The number of pyridine rings is 1. The second-order valence-corrected chi connectivity index (χ2v) is 5.16. The number of unbranched alkanes of at least 4 members (excludes halogenated alkanes) is 5. The second-order valence-electron chi connectivity index (χ2n) is 4.37. The van der Waals surface area contributed by atoms with Crippen molar-refractivity contribution in [1.29, 1.82) is 0 Å². The Bertz CT molecular complexity index is 410. The fourth-order valence-electron chi connectivity index (χ4n) is 1.68. The van der Waals surface area contributed by atoms with Crippen molar-refractivity contribution in [3.63, 3.8) is 0 Å². The molecule has 0 amide bonds. The lowest BCUT2D eigenvalue weighted by molar-refractivity contribution is 0.0491. The molecule has 1 aromatic heterocycles. The Balaban J connectivity index is 2.26. The maximum atomic E-state index is 11.7. The molecule has 106 valence electrons. The average Bonchev–Trinajstić information content (AvgIpc) is 2.40. The molecule has 0 N–H and O–H groups in total. The summed E-state index contributed by atoms with van der Waals surface area (Å²) in [5, 5.41) is 0.494. The number of ether oxygens (including phenoxy) is 1. The first-order valence-corrected chi connectivity index (χ1v) is 7.40. The average molecular weight is 304 g/mol. The van der Waals surface area contributed by atoms with Crippen LogP contribution in [-0.2, 0) is 4.74 Å². The van der Waals surface area contributed by atoms with Gasteiger partial charge in [0, 0.05) is 0 Å². The van der Waals surface area contributed by atoms with Crippen molar-refractivity contribution >= 4 is 29.2 Å². The molecule has 0 aromatic carbocycles. The van der Waals surface area contributed by atoms with E-state index in [1.807, 2.05) is 0 Å². The summed E-state index contributed by atoms with van der Waals surface area (Å²) in [5.74, 6) is -0.513. The van der Waals surface area contributed by atoms with Crippen LogP contribution < -0.4 is 0 Å². The Morgan fingerprint density at radius 1 is 1.16 bits per heavy atom. The summed E-state index contributed by atoms with van der Waals surface area (Å²) in [6.07, 6.45) is 6.86. The summed E-state index contributed by atoms with van der Waals surface area (Å²) in [5.41, 5.74) is 0.0835. The molecule has 0 atom stereocenters. The summed E-state index contributed by atoms with van der Waals surface area (Å²) in [7, 11) is 0. The third kappa shape index (κ3) is 6.26. The molecule has 0 aliphatic rings. The summed E-state index contributed by atoms with van der Waals surface area (Å²) >= 11 is 11.6. The van der Waals surface area contributed by atoms with Gasteiger partial charge in [-0.3, -0.25) is 0 Å². The molecular weight excluding hydrogens is 285 g/mol. The van der Waals surface area contributed by atoms with Crippen LogP contribution in [0.5, 0.6) is 0 Å². The van der Waals surface area contributed by atoms with Crippen LogP contribution in [0.3, 0.4) is 0 Å². The molecule has 0 fully saturated rings. The standard InChI is InChI=1S/C14H19Cl2NO2/c1-2-3-4-5-6-7-10-19-14(18)13-11(15)8-9-12(16)17-13/h8-9H,2-7,10H2,1H3. The molecule has 0 saturated heterocycles. The topological polar surface area (TPSA) is 39.2 Å². The molecule has 0 radical (unpaired) electrons. The van der Waals surface area contributed by atoms with E-state index in [0.717, 1.165) is 12.8 Å². The van der Waals surface area contributed by atoms with E-state index in [1.54, 1.807) is 0 Å². The van der Waals surface area contributed by atoms with Crippen molar-refractivity contribution in [2.24, 2.45) is 0 Å². The van der Waals surface area contributed by atoms with E-state index < -0.39 is 5.97 Å². The van der Waals surface area contributed by atoms with E-state index in [9.17, 15) is 4.79 Å². The van der Waals surface area contributed by atoms with Crippen LogP contribution in [-0.4, -0.2) is 17.6 Å². The van der Waals surface area contributed by atoms with E-state index in [1.165, 1.54) is 37.8 Å². The predicted octanol–water partition coefficient (Wildman–Crippen LogP) is 4.91. The van der Waals surface area contributed by atoms with Crippen LogP contribution in [0.25, 0.3) is 0 Å². The van der Waals surface area contributed by atoms with Gasteiger partial charge < -0.3 is 4.74 Å². The Morgan fingerprint density at radius 3 is 2.58 bits per heavy atom. The highest BCUT2D eigenvalue weighted by Gasteiger charge is 2.14. The van der Waals surface area contributed by atoms with E-state index in [-0.39, 0.29) is 15.9 Å². The molecule has 0 aliphatic heterocycles. The third-order valence-electron chi connectivity index (χ3n) is 2.74. The number of hydrogen-bond acceptors (Lipinski definition) is 3. The monoisotopic (exact) mass is 303 g/mol. The zero-order valence-electron chi connectivity index (χ0n) is 11.1. The van der Waals surface area contributed by atoms with E-state index >= 15 is 0 Å². The Kier molecular flexibility index (Phi) is 7.84. The largest absolute Gasteiger partial charge is 0.461 e. The molecule has 5 heteroatoms. The van der Waals surface area contributed by atoms with Crippen molar-refractivity contribution in [3.05, 3.63) is 28.0 Å². The highest BCUT2D eigenvalue weighted by atomic mass is 35.5. The van der Waals surface area contributed by atoms with Gasteiger partial charge in [-0.2, -0.15) is 0 Å². The van der Waals surface area contributed by atoms with Crippen LogP contribution >= 0.6 is 23.2 Å². The molecule has 0 bridgehead atoms. The Hall–Kier alpha value is -0.800. The maximum Gasteiger partial charge on any atom is 0.358 e. The number of aromatic nitrogens is 1. The SMILES string of the molecule is CCCCCCCCOC(=O)c1nc(Cl)ccc1Cl. The number of carbonyl (C=O) groups is 1. The Labute approximate surface area is 124 Å². The van der Waals surface area contributed by atoms with Crippen LogP contribution in [0.4, 0.5) is 0 Å². The van der Waals surface area contributed by atoms with Crippen molar-refractivity contribution in [2.45, 2.75) is 45.4 Å². The number of esters is 1. The van der Waals surface area contributed by atoms with Crippen molar-refractivity contribution < 1.29 is 9.53 Å². The van der Waals surface area contributed by atoms with E-state index in [0.29, 0.717) is 6.61 Å². The van der Waals surface area contributed by atoms with Gasteiger partial charge >= 0.3 is 5.97 Å². The minimum Gasteiger partial charge on any atom is -0.461 e. The van der Waals surface area contributed by atoms with Crippen LogP contribution in [0.15, 0.2) is 12.1 Å². The fourth-order valence-corrected chi connectivity index (χ4v) is 2.01. The first-order chi connectivity index (χ1) is 9.15. The van der Waals surface area contributed by atoms with Gasteiger partial charge in [-0.25, -0.2) is 9.78 Å². The highest BCUT2D eigenvalue weighted by Crippen LogP contribution is 2.17. The smallest absolute Gasteiger partial charge is 0.358 e. The van der Waals surface area contributed by atoms with Crippen LogP contribution in [0.2, 0.25) is 10.2 Å². The molecule has 1 aromatic rings. The third-order valence-corrected chi connectivity index (χ3v) is 3.25. The number of rotatable bonds is 8. The summed E-state index contributed by atoms with van der Waals surface area (Å²) in [6, 6.07) is 3.08. The van der Waals surface area contributed by atoms with Gasteiger partial charge in [0.25, 0.3) is 0 Å². The summed E-state index contributed by atoms with van der Waals surface area (Å²) in [6.45, 7) is 2.58. The van der Waals surface area contributed by atoms with Gasteiger partial charge in [0.1, 0.15) is 5.15 Å². The first-order valence-electron chi connectivity index (χ1n) is 6.64. The van der Waals surface area contributed by atoms with Gasteiger partial charge in [-0.05, 0) is 18.6 Å². The fraction of sp³-hybridized carbons (Fsp3) is 0.571. The highest BCUT2D eigenvalue weighted by molar-refractivity contribution is 6.34. The minimum atomic E-state index is -0.513. The quantitative estimate of drug-likeness (QED) is 0.389. The molecular formula is C14H19Cl2NO2. The van der Waals surface area contributed by atoms with E-state index in [4.69, 9.17) is 27.9 Å². The van der Waals surface area contributed by atoms with Crippen molar-refractivity contribution in [1.82, 2.24) is 4.98 Å². The van der Waals surface area contributed by atoms with Gasteiger partial charge in [0.05, 0.1) is 11.6 Å². The lowest BCUT2D eigenvalue weighted by Crippen LogP contribution is -2.09. The maximum absolute atomic E-state index is 11.7. The second kappa shape index (κ2) is 9.16. The molecule has 3 nitrogen and oxygen atoms in total. The molecule has 0 unspecified atom stereocenters. The van der Waals surface area contributed by atoms with Gasteiger partial charge in [0.2, 0.25) is 0 Å². The molecule has 19 heavy (non-hydrogen) atoms. The van der Waals surface area contributed by atoms with Gasteiger partial charge in [0.15, 0.2) is 5.69 Å². The first kappa shape index (κ1) is 16.3. The zero-order chi connectivity index (χ0) is 14.1. The molecule has 1 rings (SSSR count). The number of nitrogens with zero attached hydrogens (tertiary/aromatic N) is 1. The molecule has 0 aliphatic carbocycles. The van der Waals surface area contributed by atoms with E-state index in [2.05, 4.69) is 11.9 Å². The molecule has 0 spiro atoms. The minimum absolute atomic E-state index is 0.0835. The lowest BCUT2D eigenvalue weighted by Gasteiger charge is -2.05. The molecule has 0 saturated carbocycles. The number of hydrogen-bond donors (Lipinski definition) is 0. The number of carbonyl (C=O) groups excluding carboxylic acids is 1. The number of halogens is 2. The normalized spacial score (nSPS) is 10.5. The Morgan fingerprint density at radius 2 is 1.84 bits per heavy atom. The van der Waals surface area contributed by atoms with Crippen LogP contribution in [0.1, 0.15) is 55.9 Å². The lowest BCUT2D eigenvalue weighted by atomic mass is 10.1. The zero-order valence-corrected chi connectivity index (χ0v) is 12.6. The predicted molar refractivity (Wildman–Crippen MR) is 77.9 cm³/mol. The van der Waals surface area contributed by atoms with Crippen molar-refractivity contribution in [3.8, 4) is 0 Å². The molecule has 1 heterocycles. The van der Waals surface area contributed by atoms with Crippen LogP contribution in [0, 0.1) is 0 Å². The van der Waals surface area contributed by atoms with Gasteiger partial charge in [-0.15, -0.1) is 0 Å². The van der Waals surface area contributed by atoms with Gasteiger partial charge in [-0.1, -0.05) is 62.2 Å².